The van der Waals surface area contributed by atoms with Crippen LogP contribution in [0.1, 0.15) is 54.2 Å². The molecule has 24 heavy (non-hydrogen) atoms. The number of rotatable bonds is 2. The summed E-state index contributed by atoms with van der Waals surface area (Å²) < 4.78 is 0. The summed E-state index contributed by atoms with van der Waals surface area (Å²) in [4.78, 5) is 12.8. The summed E-state index contributed by atoms with van der Waals surface area (Å²) in [5.74, 6) is -0.0515. The predicted molar refractivity (Wildman–Crippen MR) is 95.0 cm³/mol. The van der Waals surface area contributed by atoms with E-state index in [2.05, 4.69) is 53.6 Å². The Hall–Kier alpha value is -2.62. The zero-order chi connectivity index (χ0) is 16.7. The Kier molecular flexibility index (Phi) is 3.41. The second-order valence-corrected chi connectivity index (χ2v) is 7.18. The molecule has 1 aromatic heterocycles. The normalized spacial score (nSPS) is 19.0. The van der Waals surface area contributed by atoms with Gasteiger partial charge in [0.15, 0.2) is 0 Å². The van der Waals surface area contributed by atoms with E-state index in [9.17, 15) is 4.79 Å². The molecule has 1 atom stereocenters. The molecular formula is C20H21N3O. The van der Waals surface area contributed by atoms with Crippen LogP contribution in [0, 0.1) is 0 Å². The van der Waals surface area contributed by atoms with Gasteiger partial charge >= 0.3 is 0 Å². The van der Waals surface area contributed by atoms with Gasteiger partial charge in [-0.15, -0.1) is 0 Å². The Morgan fingerprint density at radius 3 is 2.92 bits per heavy atom. The van der Waals surface area contributed by atoms with Gasteiger partial charge in [-0.3, -0.25) is 9.89 Å². The van der Waals surface area contributed by atoms with Crippen molar-refractivity contribution < 1.29 is 4.79 Å². The number of aromatic nitrogens is 2. The Bertz CT molecular complexity index is 910. The second-order valence-electron chi connectivity index (χ2n) is 7.18. The molecule has 4 heteroatoms. The molecule has 1 unspecified atom stereocenters. The van der Waals surface area contributed by atoms with Crippen LogP contribution in [0.4, 0.5) is 0 Å². The van der Waals surface area contributed by atoms with Crippen LogP contribution in [0.15, 0.2) is 48.7 Å². The Labute approximate surface area is 141 Å². The summed E-state index contributed by atoms with van der Waals surface area (Å²) in [6, 6.07) is 14.2. The molecule has 0 aliphatic heterocycles. The van der Waals surface area contributed by atoms with Crippen molar-refractivity contribution in [3.63, 3.8) is 0 Å². The van der Waals surface area contributed by atoms with Gasteiger partial charge in [-0.2, -0.15) is 5.10 Å². The standard InChI is InChI=1S/C20H21N3O/c1-20(2)11-10-17(14-7-3-4-9-16(14)20)22-19(24)15-8-5-6-13-12-21-23-18(13)15/h3-9,12,17H,10-11H2,1-2H3,(H,21,23)(H,22,24). The van der Waals surface area contributed by atoms with Crippen LogP contribution in [0.2, 0.25) is 0 Å². The summed E-state index contributed by atoms with van der Waals surface area (Å²) in [7, 11) is 0. The zero-order valence-corrected chi connectivity index (χ0v) is 14.0. The first kappa shape index (κ1) is 14.9. The Morgan fingerprint density at radius 1 is 1.21 bits per heavy atom. The summed E-state index contributed by atoms with van der Waals surface area (Å²) in [6.07, 6.45) is 3.75. The fourth-order valence-corrected chi connectivity index (χ4v) is 3.76. The molecule has 2 N–H and O–H groups in total. The molecule has 1 amide bonds. The smallest absolute Gasteiger partial charge is 0.253 e. The highest BCUT2D eigenvalue weighted by atomic mass is 16.1. The molecule has 122 valence electrons. The van der Waals surface area contributed by atoms with E-state index in [0.717, 1.165) is 23.7 Å². The van der Waals surface area contributed by atoms with E-state index < -0.39 is 0 Å². The minimum atomic E-state index is -0.0515. The monoisotopic (exact) mass is 319 g/mol. The van der Waals surface area contributed by atoms with E-state index in [1.54, 1.807) is 6.20 Å². The number of hydrogen-bond acceptors (Lipinski definition) is 2. The maximum Gasteiger partial charge on any atom is 0.253 e. The molecule has 2 aromatic carbocycles. The number of benzene rings is 2. The third-order valence-electron chi connectivity index (χ3n) is 5.15. The first-order chi connectivity index (χ1) is 11.6. The SMILES string of the molecule is CC1(C)CCC(NC(=O)c2cccc3cn[nH]c23)c2ccccc21. The molecule has 1 aliphatic carbocycles. The number of para-hydroxylation sites is 1. The number of nitrogens with one attached hydrogen (secondary N) is 2. The van der Waals surface area contributed by atoms with E-state index in [1.165, 1.54) is 11.1 Å². The average Bonchev–Trinajstić information content (AvgIpc) is 3.06. The minimum Gasteiger partial charge on any atom is -0.345 e. The second kappa shape index (κ2) is 5.48. The third kappa shape index (κ3) is 2.39. The van der Waals surface area contributed by atoms with E-state index in [1.807, 2.05) is 18.2 Å². The highest BCUT2D eigenvalue weighted by Gasteiger charge is 2.33. The van der Waals surface area contributed by atoms with Crippen LogP contribution < -0.4 is 5.32 Å². The molecule has 4 nitrogen and oxygen atoms in total. The van der Waals surface area contributed by atoms with Crippen molar-refractivity contribution in [2.45, 2.75) is 38.1 Å². The van der Waals surface area contributed by atoms with Crippen molar-refractivity contribution in [1.82, 2.24) is 15.5 Å². The molecular weight excluding hydrogens is 298 g/mol. The number of fused-ring (bicyclic) bond motifs is 2. The van der Waals surface area contributed by atoms with Crippen molar-refractivity contribution >= 4 is 16.8 Å². The van der Waals surface area contributed by atoms with E-state index in [0.29, 0.717) is 5.56 Å². The maximum atomic E-state index is 12.8. The minimum absolute atomic E-state index is 0.0515. The fourth-order valence-electron chi connectivity index (χ4n) is 3.76. The number of aromatic amines is 1. The molecule has 0 spiro atoms. The lowest BCUT2D eigenvalue weighted by molar-refractivity contribution is 0.0931. The first-order valence-corrected chi connectivity index (χ1v) is 8.39. The molecule has 1 heterocycles. The number of hydrogen-bond donors (Lipinski definition) is 2. The predicted octanol–water partition coefficient (Wildman–Crippen LogP) is 4.11. The van der Waals surface area contributed by atoms with Crippen molar-refractivity contribution in [2.24, 2.45) is 0 Å². The van der Waals surface area contributed by atoms with Crippen LogP contribution in [-0.4, -0.2) is 16.1 Å². The zero-order valence-electron chi connectivity index (χ0n) is 14.0. The maximum absolute atomic E-state index is 12.8. The molecule has 0 radical (unpaired) electrons. The lowest BCUT2D eigenvalue weighted by Gasteiger charge is -2.37. The van der Waals surface area contributed by atoms with Crippen molar-refractivity contribution in [2.75, 3.05) is 0 Å². The molecule has 1 aliphatic rings. The molecule has 3 aromatic rings. The molecule has 4 rings (SSSR count). The van der Waals surface area contributed by atoms with Crippen LogP contribution in [0.3, 0.4) is 0 Å². The van der Waals surface area contributed by atoms with Gasteiger partial charge in [0.05, 0.1) is 23.3 Å². The van der Waals surface area contributed by atoms with Crippen molar-refractivity contribution in [1.29, 1.82) is 0 Å². The van der Waals surface area contributed by atoms with Crippen molar-refractivity contribution in [3.8, 4) is 0 Å². The van der Waals surface area contributed by atoms with Crippen molar-refractivity contribution in [3.05, 3.63) is 65.4 Å². The summed E-state index contributed by atoms with van der Waals surface area (Å²) in [6.45, 7) is 4.55. The van der Waals surface area contributed by atoms with Crippen LogP contribution >= 0.6 is 0 Å². The summed E-state index contributed by atoms with van der Waals surface area (Å²) in [5.41, 5.74) is 4.16. The Balaban J connectivity index is 1.66. The fraction of sp³-hybridized carbons (Fsp3) is 0.300. The van der Waals surface area contributed by atoms with Gasteiger partial charge in [0.25, 0.3) is 5.91 Å². The molecule has 0 bridgehead atoms. The van der Waals surface area contributed by atoms with Crippen LogP contribution in [0.5, 0.6) is 0 Å². The van der Waals surface area contributed by atoms with Gasteiger partial charge in [-0.1, -0.05) is 50.2 Å². The highest BCUT2D eigenvalue weighted by molar-refractivity contribution is 6.05. The Morgan fingerprint density at radius 2 is 2.04 bits per heavy atom. The highest BCUT2D eigenvalue weighted by Crippen LogP contribution is 2.41. The van der Waals surface area contributed by atoms with E-state index >= 15 is 0 Å². The van der Waals surface area contributed by atoms with Gasteiger partial charge in [0.1, 0.15) is 0 Å². The van der Waals surface area contributed by atoms with Crippen LogP contribution in [0.25, 0.3) is 10.9 Å². The van der Waals surface area contributed by atoms with E-state index in [-0.39, 0.29) is 17.4 Å². The first-order valence-electron chi connectivity index (χ1n) is 8.39. The topological polar surface area (TPSA) is 57.8 Å². The largest absolute Gasteiger partial charge is 0.345 e. The van der Waals surface area contributed by atoms with Gasteiger partial charge in [0.2, 0.25) is 0 Å². The summed E-state index contributed by atoms with van der Waals surface area (Å²) >= 11 is 0. The molecule has 0 saturated carbocycles. The number of amides is 1. The van der Waals surface area contributed by atoms with E-state index in [4.69, 9.17) is 0 Å². The van der Waals surface area contributed by atoms with Gasteiger partial charge in [-0.25, -0.2) is 0 Å². The van der Waals surface area contributed by atoms with Crippen LogP contribution in [-0.2, 0) is 5.41 Å². The third-order valence-corrected chi connectivity index (χ3v) is 5.15. The number of carbonyl (C=O) groups is 1. The lowest BCUT2D eigenvalue weighted by atomic mass is 9.71. The lowest BCUT2D eigenvalue weighted by Crippen LogP contribution is -2.35. The van der Waals surface area contributed by atoms with Gasteiger partial charge in [0, 0.05) is 5.39 Å². The quantitative estimate of drug-likeness (QED) is 0.747. The number of carbonyl (C=O) groups excluding carboxylic acids is 1. The number of nitrogens with zero attached hydrogens (tertiary/aromatic N) is 1. The molecule has 0 fully saturated rings. The molecule has 0 saturated heterocycles. The summed E-state index contributed by atoms with van der Waals surface area (Å²) in [5, 5.41) is 11.1. The van der Waals surface area contributed by atoms with Gasteiger partial charge < -0.3 is 5.32 Å². The van der Waals surface area contributed by atoms with Gasteiger partial charge in [-0.05, 0) is 35.4 Å². The average molecular weight is 319 g/mol. The number of H-pyrrole nitrogens is 1.